The summed E-state index contributed by atoms with van der Waals surface area (Å²) in [6.07, 6.45) is 9.85. The molecule has 1 aliphatic carbocycles. The third kappa shape index (κ3) is 2.63. The van der Waals surface area contributed by atoms with Crippen LogP contribution in [0.1, 0.15) is 45.1 Å². The Kier molecular flexibility index (Phi) is 3.15. The maximum absolute atomic E-state index is 3.70. The van der Waals surface area contributed by atoms with Crippen LogP contribution in [0.25, 0.3) is 0 Å². The average molecular weight is 206 g/mol. The number of hydrogen-bond acceptors (Lipinski definition) is 1. The quantitative estimate of drug-likeness (QED) is 0.801. The predicted molar refractivity (Wildman–Crippen MR) is 63.8 cm³/mol. The summed E-state index contributed by atoms with van der Waals surface area (Å²) in [7, 11) is 0. The minimum atomic E-state index is 0.397. The van der Waals surface area contributed by atoms with Crippen molar-refractivity contribution in [1.29, 1.82) is 0 Å². The Bertz CT molecular complexity index is 308. The summed E-state index contributed by atoms with van der Waals surface area (Å²) >= 11 is 0. The third-order valence-electron chi connectivity index (χ3n) is 3.60. The van der Waals surface area contributed by atoms with Crippen LogP contribution >= 0.6 is 0 Å². The van der Waals surface area contributed by atoms with Gasteiger partial charge in [-0.3, -0.25) is 0 Å². The molecule has 1 aliphatic rings. The van der Waals surface area contributed by atoms with Crippen molar-refractivity contribution in [1.82, 2.24) is 9.88 Å². The molecule has 1 aromatic rings. The molecular weight excluding hydrogens is 184 g/mol. The smallest absolute Gasteiger partial charge is 0.0225 e. The van der Waals surface area contributed by atoms with Gasteiger partial charge < -0.3 is 9.88 Å². The zero-order chi connectivity index (χ0) is 10.7. The van der Waals surface area contributed by atoms with E-state index in [4.69, 9.17) is 0 Å². The first-order valence-electron chi connectivity index (χ1n) is 6.11. The van der Waals surface area contributed by atoms with Gasteiger partial charge in [-0.2, -0.15) is 0 Å². The number of aryl methyl sites for hydroxylation is 1. The molecule has 1 saturated carbocycles. The Labute approximate surface area is 92.7 Å². The van der Waals surface area contributed by atoms with Gasteiger partial charge in [-0.25, -0.2) is 0 Å². The highest BCUT2D eigenvalue weighted by Gasteiger charge is 2.27. The van der Waals surface area contributed by atoms with Crippen molar-refractivity contribution in [2.45, 2.75) is 58.2 Å². The molecule has 0 unspecified atom stereocenters. The Morgan fingerprint density at radius 1 is 1.40 bits per heavy atom. The van der Waals surface area contributed by atoms with Crippen LogP contribution in [-0.2, 0) is 13.1 Å². The van der Waals surface area contributed by atoms with Gasteiger partial charge in [0, 0.05) is 31.0 Å². The summed E-state index contributed by atoms with van der Waals surface area (Å²) in [5, 5.41) is 3.70. The lowest BCUT2D eigenvalue weighted by atomic mass is 10.0. The normalized spacial score (nSPS) is 19.6. The summed E-state index contributed by atoms with van der Waals surface area (Å²) in [5.41, 5.74) is 1.80. The molecule has 1 heterocycles. The Morgan fingerprint density at radius 2 is 2.13 bits per heavy atom. The van der Waals surface area contributed by atoms with Crippen molar-refractivity contribution >= 4 is 0 Å². The minimum absolute atomic E-state index is 0.397. The minimum Gasteiger partial charge on any atom is -0.354 e. The van der Waals surface area contributed by atoms with E-state index < -0.39 is 0 Å². The Balaban J connectivity index is 1.87. The van der Waals surface area contributed by atoms with E-state index in [0.29, 0.717) is 5.54 Å². The monoisotopic (exact) mass is 206 g/mol. The molecule has 0 saturated heterocycles. The number of hydrogen-bond donors (Lipinski definition) is 1. The van der Waals surface area contributed by atoms with Gasteiger partial charge in [0.05, 0.1) is 0 Å². The number of rotatable bonds is 4. The summed E-state index contributed by atoms with van der Waals surface area (Å²) < 4.78 is 2.23. The molecule has 2 heteroatoms. The molecule has 2 nitrogen and oxygen atoms in total. The van der Waals surface area contributed by atoms with Crippen LogP contribution in [0, 0.1) is 0 Å². The maximum atomic E-state index is 3.70. The van der Waals surface area contributed by atoms with Crippen molar-refractivity contribution in [2.24, 2.45) is 0 Å². The molecule has 0 bridgehead atoms. The molecule has 0 radical (unpaired) electrons. The second-order valence-electron chi connectivity index (χ2n) is 4.97. The van der Waals surface area contributed by atoms with E-state index in [0.717, 1.165) is 13.1 Å². The van der Waals surface area contributed by atoms with Gasteiger partial charge in [0.1, 0.15) is 0 Å². The molecule has 1 fully saturated rings. The van der Waals surface area contributed by atoms with Crippen LogP contribution in [-0.4, -0.2) is 10.1 Å². The largest absolute Gasteiger partial charge is 0.354 e. The molecule has 2 rings (SSSR count). The van der Waals surface area contributed by atoms with Gasteiger partial charge in [-0.05, 0) is 38.3 Å². The second-order valence-corrected chi connectivity index (χ2v) is 4.97. The fourth-order valence-electron chi connectivity index (χ4n) is 2.44. The molecule has 0 aromatic carbocycles. The highest BCUT2D eigenvalue weighted by Crippen LogP contribution is 2.29. The van der Waals surface area contributed by atoms with Gasteiger partial charge in [-0.15, -0.1) is 0 Å². The highest BCUT2D eigenvalue weighted by atomic mass is 15.0. The number of aromatic nitrogens is 1. The van der Waals surface area contributed by atoms with Gasteiger partial charge in [-0.1, -0.05) is 12.8 Å². The molecule has 0 amide bonds. The fraction of sp³-hybridized carbons (Fsp3) is 0.692. The summed E-state index contributed by atoms with van der Waals surface area (Å²) in [6.45, 7) is 6.62. The lowest BCUT2D eigenvalue weighted by molar-refractivity contribution is 0.362. The van der Waals surface area contributed by atoms with E-state index in [1.165, 1.54) is 31.2 Å². The fourth-order valence-corrected chi connectivity index (χ4v) is 2.44. The molecule has 0 aliphatic heterocycles. The summed E-state index contributed by atoms with van der Waals surface area (Å²) in [6, 6.07) is 2.22. The van der Waals surface area contributed by atoms with Crippen molar-refractivity contribution in [3.05, 3.63) is 24.0 Å². The lowest BCUT2D eigenvalue weighted by Crippen LogP contribution is -2.38. The summed E-state index contributed by atoms with van der Waals surface area (Å²) in [5.74, 6) is 0. The SMILES string of the molecule is CCn1ccc(CNC2(C)CCCC2)c1. The molecule has 84 valence electrons. The van der Waals surface area contributed by atoms with E-state index in [1.807, 2.05) is 0 Å². The van der Waals surface area contributed by atoms with Gasteiger partial charge in [0.25, 0.3) is 0 Å². The van der Waals surface area contributed by atoms with E-state index in [1.54, 1.807) is 0 Å². The van der Waals surface area contributed by atoms with Gasteiger partial charge in [0.15, 0.2) is 0 Å². The van der Waals surface area contributed by atoms with E-state index in [9.17, 15) is 0 Å². The van der Waals surface area contributed by atoms with Gasteiger partial charge >= 0.3 is 0 Å². The van der Waals surface area contributed by atoms with Crippen LogP contribution in [0.3, 0.4) is 0 Å². The zero-order valence-corrected chi connectivity index (χ0v) is 9.92. The van der Waals surface area contributed by atoms with Crippen LogP contribution in [0.5, 0.6) is 0 Å². The molecule has 1 N–H and O–H groups in total. The first kappa shape index (κ1) is 10.7. The maximum Gasteiger partial charge on any atom is 0.0225 e. The molecule has 15 heavy (non-hydrogen) atoms. The topological polar surface area (TPSA) is 17.0 Å². The Hall–Kier alpha value is -0.760. The van der Waals surface area contributed by atoms with Crippen molar-refractivity contribution < 1.29 is 0 Å². The highest BCUT2D eigenvalue weighted by molar-refractivity contribution is 5.10. The van der Waals surface area contributed by atoms with Crippen LogP contribution in [0.15, 0.2) is 18.5 Å². The molecule has 0 spiro atoms. The Morgan fingerprint density at radius 3 is 2.73 bits per heavy atom. The second kappa shape index (κ2) is 4.40. The number of nitrogens with zero attached hydrogens (tertiary/aromatic N) is 1. The zero-order valence-electron chi connectivity index (χ0n) is 9.92. The van der Waals surface area contributed by atoms with Gasteiger partial charge in [0.2, 0.25) is 0 Å². The first-order chi connectivity index (χ1) is 7.22. The molecular formula is C13H22N2. The van der Waals surface area contributed by atoms with Crippen molar-refractivity contribution in [3.63, 3.8) is 0 Å². The molecule has 1 aromatic heterocycles. The van der Waals surface area contributed by atoms with E-state index >= 15 is 0 Å². The first-order valence-corrected chi connectivity index (χ1v) is 6.11. The van der Waals surface area contributed by atoms with Crippen LogP contribution < -0.4 is 5.32 Å². The number of nitrogens with one attached hydrogen (secondary N) is 1. The summed E-state index contributed by atoms with van der Waals surface area (Å²) in [4.78, 5) is 0. The van der Waals surface area contributed by atoms with Crippen molar-refractivity contribution in [2.75, 3.05) is 0 Å². The average Bonchev–Trinajstić information content (AvgIpc) is 2.84. The van der Waals surface area contributed by atoms with Crippen molar-refractivity contribution in [3.8, 4) is 0 Å². The van der Waals surface area contributed by atoms with Crippen LogP contribution in [0.2, 0.25) is 0 Å². The van der Waals surface area contributed by atoms with E-state index in [2.05, 4.69) is 42.2 Å². The molecule has 0 atom stereocenters. The van der Waals surface area contributed by atoms with Crippen LogP contribution in [0.4, 0.5) is 0 Å². The lowest BCUT2D eigenvalue weighted by Gasteiger charge is -2.25. The standard InChI is InChI=1S/C13H22N2/c1-3-15-9-6-12(11-15)10-14-13(2)7-4-5-8-13/h6,9,11,14H,3-5,7-8,10H2,1-2H3. The van der Waals surface area contributed by atoms with E-state index in [-0.39, 0.29) is 0 Å². The predicted octanol–water partition coefficient (Wildman–Crippen LogP) is 2.93. The third-order valence-corrected chi connectivity index (χ3v) is 3.60.